The first-order valence-electron chi connectivity index (χ1n) is 11.2. The van der Waals surface area contributed by atoms with Crippen LogP contribution in [0.2, 0.25) is 0 Å². The van der Waals surface area contributed by atoms with Crippen molar-refractivity contribution in [2.75, 3.05) is 12.3 Å². The number of nitrogens with zero attached hydrogens (tertiary/aromatic N) is 2. The Hall–Kier alpha value is -3.67. The maximum atomic E-state index is 13.4. The Morgan fingerprint density at radius 1 is 1.21 bits per heavy atom. The topological polar surface area (TPSA) is 90.0 Å². The molecule has 0 atom stereocenters. The molecule has 6 heteroatoms. The number of hydrogen-bond acceptors (Lipinski definition) is 4. The van der Waals surface area contributed by atoms with Crippen LogP contribution in [0.5, 0.6) is 0 Å². The lowest BCUT2D eigenvalue weighted by Gasteiger charge is -2.17. The number of benzene rings is 1. The lowest BCUT2D eigenvalue weighted by molar-refractivity contribution is -0.115. The van der Waals surface area contributed by atoms with Gasteiger partial charge < -0.3 is 15.6 Å². The van der Waals surface area contributed by atoms with Crippen LogP contribution in [0.1, 0.15) is 56.0 Å². The van der Waals surface area contributed by atoms with Crippen LogP contribution in [-0.4, -0.2) is 27.8 Å². The second kappa shape index (κ2) is 8.70. The lowest BCUT2D eigenvalue weighted by Crippen LogP contribution is -2.29. The molecule has 1 aliphatic rings. The van der Waals surface area contributed by atoms with E-state index in [0.717, 1.165) is 33.2 Å². The maximum Gasteiger partial charge on any atom is 0.253 e. The predicted octanol–water partition coefficient (Wildman–Crippen LogP) is 4.91. The summed E-state index contributed by atoms with van der Waals surface area (Å²) in [6.45, 7) is 8.37. The molecule has 1 amide bonds. The van der Waals surface area contributed by atoms with Crippen LogP contribution < -0.4 is 11.1 Å². The Kier molecular flexibility index (Phi) is 5.93. The summed E-state index contributed by atoms with van der Waals surface area (Å²) >= 11 is 0. The molecule has 6 nitrogen and oxygen atoms in total. The third-order valence-corrected chi connectivity index (χ3v) is 6.23. The minimum atomic E-state index is -0.207. The van der Waals surface area contributed by atoms with Gasteiger partial charge in [-0.1, -0.05) is 25.5 Å². The first-order valence-corrected chi connectivity index (χ1v) is 11.2. The van der Waals surface area contributed by atoms with E-state index in [0.29, 0.717) is 29.3 Å². The van der Waals surface area contributed by atoms with Crippen molar-refractivity contribution in [1.29, 1.82) is 0 Å². The Bertz CT molecular complexity index is 1320. The molecule has 0 unspecified atom stereocenters. The number of amides is 1. The van der Waals surface area contributed by atoms with Crippen molar-refractivity contribution in [2.24, 2.45) is 7.05 Å². The number of nitrogens with two attached hydrogens (primary N) is 1. The second-order valence-corrected chi connectivity index (χ2v) is 9.18. The fourth-order valence-electron chi connectivity index (χ4n) is 4.54. The molecule has 2 aromatic heterocycles. The third kappa shape index (κ3) is 4.33. The number of anilines is 1. The second-order valence-electron chi connectivity index (χ2n) is 9.18. The zero-order valence-electron chi connectivity index (χ0n) is 19.8. The van der Waals surface area contributed by atoms with Gasteiger partial charge in [0.2, 0.25) is 0 Å². The van der Waals surface area contributed by atoms with Crippen LogP contribution in [0.25, 0.3) is 22.0 Å². The van der Waals surface area contributed by atoms with E-state index >= 15 is 0 Å². The van der Waals surface area contributed by atoms with Gasteiger partial charge in [0.25, 0.3) is 5.91 Å². The van der Waals surface area contributed by atoms with E-state index in [1.165, 1.54) is 5.56 Å². The summed E-state index contributed by atoms with van der Waals surface area (Å²) in [4.78, 5) is 30.2. The average molecular weight is 443 g/mol. The largest absolute Gasteiger partial charge is 0.384 e. The number of rotatable bonds is 5. The molecule has 33 heavy (non-hydrogen) atoms. The highest BCUT2D eigenvalue weighted by Crippen LogP contribution is 2.34. The SMILES string of the molecule is CC1=CC(C)=C(CNC(=O)c2cc(-c3ccc(N)nc3)cc3c(C(C)C)cn(C)c23)C(=O)C1. The number of nitrogen functional groups attached to an aromatic ring is 1. The Morgan fingerprint density at radius 3 is 2.61 bits per heavy atom. The zero-order chi connectivity index (χ0) is 23.9. The van der Waals surface area contributed by atoms with Crippen molar-refractivity contribution in [2.45, 2.75) is 40.0 Å². The van der Waals surface area contributed by atoms with E-state index in [9.17, 15) is 9.59 Å². The Morgan fingerprint density at radius 2 is 1.97 bits per heavy atom. The molecular weight excluding hydrogens is 412 g/mol. The number of allylic oxidation sites excluding steroid dienone is 3. The molecule has 1 aromatic carbocycles. The van der Waals surface area contributed by atoms with Crippen LogP contribution >= 0.6 is 0 Å². The highest BCUT2D eigenvalue weighted by atomic mass is 16.2. The van der Waals surface area contributed by atoms with Gasteiger partial charge in [-0.3, -0.25) is 9.59 Å². The number of Topliss-reactive ketones (excluding diaryl/α,β-unsaturated/α-hetero) is 1. The first-order chi connectivity index (χ1) is 15.7. The number of carbonyl (C=O) groups is 2. The average Bonchev–Trinajstić information content (AvgIpc) is 3.09. The zero-order valence-corrected chi connectivity index (χ0v) is 19.8. The summed E-state index contributed by atoms with van der Waals surface area (Å²) in [5.74, 6) is 0.610. The molecule has 0 fully saturated rings. The van der Waals surface area contributed by atoms with Gasteiger partial charge in [0.1, 0.15) is 5.82 Å². The van der Waals surface area contributed by atoms with E-state index in [2.05, 4.69) is 36.4 Å². The van der Waals surface area contributed by atoms with Gasteiger partial charge in [0, 0.05) is 48.9 Å². The van der Waals surface area contributed by atoms with Crippen LogP contribution in [0.15, 0.2) is 59.5 Å². The summed E-state index contributed by atoms with van der Waals surface area (Å²) in [5, 5.41) is 4.03. The van der Waals surface area contributed by atoms with E-state index < -0.39 is 0 Å². The maximum absolute atomic E-state index is 13.4. The number of ketones is 1. The monoisotopic (exact) mass is 442 g/mol. The van der Waals surface area contributed by atoms with Crippen molar-refractivity contribution in [1.82, 2.24) is 14.9 Å². The number of aryl methyl sites for hydroxylation is 1. The summed E-state index contributed by atoms with van der Waals surface area (Å²) in [5.41, 5.74) is 12.8. The molecule has 0 radical (unpaired) electrons. The molecule has 2 heterocycles. The molecule has 0 bridgehead atoms. The van der Waals surface area contributed by atoms with E-state index in [1.807, 2.05) is 43.7 Å². The van der Waals surface area contributed by atoms with Crippen molar-refractivity contribution in [3.63, 3.8) is 0 Å². The fraction of sp³-hybridized carbons (Fsp3) is 0.296. The molecule has 170 valence electrons. The number of hydrogen-bond donors (Lipinski definition) is 2. The van der Waals surface area contributed by atoms with E-state index in [1.54, 1.807) is 12.3 Å². The van der Waals surface area contributed by atoms with Crippen LogP contribution in [0.3, 0.4) is 0 Å². The number of carbonyl (C=O) groups excluding carboxylic acids is 2. The van der Waals surface area contributed by atoms with Crippen molar-refractivity contribution in [3.05, 3.63) is 70.6 Å². The van der Waals surface area contributed by atoms with Gasteiger partial charge in [-0.15, -0.1) is 0 Å². The highest BCUT2D eigenvalue weighted by Gasteiger charge is 2.22. The van der Waals surface area contributed by atoms with Gasteiger partial charge in [0.05, 0.1) is 11.1 Å². The van der Waals surface area contributed by atoms with Crippen molar-refractivity contribution >= 4 is 28.4 Å². The van der Waals surface area contributed by atoms with Gasteiger partial charge in [-0.25, -0.2) is 4.98 Å². The van der Waals surface area contributed by atoms with Gasteiger partial charge >= 0.3 is 0 Å². The molecule has 1 aliphatic carbocycles. The minimum Gasteiger partial charge on any atom is -0.384 e. The van der Waals surface area contributed by atoms with E-state index in [-0.39, 0.29) is 18.2 Å². The van der Waals surface area contributed by atoms with Gasteiger partial charge in [-0.05, 0) is 60.7 Å². The third-order valence-electron chi connectivity index (χ3n) is 6.23. The van der Waals surface area contributed by atoms with Crippen LogP contribution in [0.4, 0.5) is 5.82 Å². The predicted molar refractivity (Wildman–Crippen MR) is 133 cm³/mol. The van der Waals surface area contributed by atoms with Crippen LogP contribution in [0, 0.1) is 0 Å². The normalized spacial score (nSPS) is 14.2. The molecule has 4 rings (SSSR count). The summed E-state index contributed by atoms with van der Waals surface area (Å²) in [6, 6.07) is 7.67. The first kappa shape index (κ1) is 22.5. The summed E-state index contributed by atoms with van der Waals surface area (Å²) in [7, 11) is 1.96. The van der Waals surface area contributed by atoms with Gasteiger partial charge in [-0.2, -0.15) is 0 Å². The quantitative estimate of drug-likeness (QED) is 0.587. The number of aromatic nitrogens is 2. The van der Waals surface area contributed by atoms with E-state index in [4.69, 9.17) is 5.73 Å². The number of pyridine rings is 1. The molecule has 0 aliphatic heterocycles. The van der Waals surface area contributed by atoms with Crippen molar-refractivity contribution < 1.29 is 9.59 Å². The molecule has 0 saturated heterocycles. The number of fused-ring (bicyclic) bond motifs is 1. The number of nitrogens with one attached hydrogen (secondary N) is 1. The minimum absolute atomic E-state index is 0.0700. The molecule has 0 spiro atoms. The molecule has 0 saturated carbocycles. The Labute approximate surface area is 194 Å². The van der Waals surface area contributed by atoms with Crippen LogP contribution in [-0.2, 0) is 11.8 Å². The fourth-order valence-corrected chi connectivity index (χ4v) is 4.54. The van der Waals surface area contributed by atoms with Gasteiger partial charge in [0.15, 0.2) is 5.78 Å². The Balaban J connectivity index is 1.78. The summed E-state index contributed by atoms with van der Waals surface area (Å²) in [6.07, 6.45) is 6.23. The van der Waals surface area contributed by atoms with Crippen molar-refractivity contribution in [3.8, 4) is 11.1 Å². The molecule has 3 aromatic rings. The molecule has 3 N–H and O–H groups in total. The lowest BCUT2D eigenvalue weighted by atomic mass is 9.92. The smallest absolute Gasteiger partial charge is 0.253 e. The summed E-state index contributed by atoms with van der Waals surface area (Å²) < 4.78 is 2.01. The standard InChI is InChI=1S/C27H30N4O2/c1-15(2)23-14-31(5)26-20(23)10-19(18-6-7-25(28)29-12-18)11-21(26)27(33)30-13-22-17(4)8-16(3)9-24(22)32/h6-8,10-12,14-15H,9,13H2,1-5H3,(H2,28,29)(H,30,33). The highest BCUT2D eigenvalue weighted by molar-refractivity contribution is 6.09. The molecular formula is C27H30N4O2.